The molecular formula is C18H26N2O. The highest BCUT2D eigenvalue weighted by Crippen LogP contribution is 2.30. The van der Waals surface area contributed by atoms with E-state index in [0.717, 1.165) is 49.4 Å². The molecular weight excluding hydrogens is 260 g/mol. The highest BCUT2D eigenvalue weighted by molar-refractivity contribution is 5.97. The molecule has 1 aromatic carbocycles. The molecule has 2 N–H and O–H groups in total. The largest absolute Gasteiger partial charge is 0.385 e. The molecule has 1 aliphatic heterocycles. The van der Waals surface area contributed by atoms with Crippen molar-refractivity contribution in [2.24, 2.45) is 11.8 Å². The van der Waals surface area contributed by atoms with Gasteiger partial charge in [-0.05, 0) is 61.6 Å². The molecule has 1 fully saturated rings. The maximum atomic E-state index is 12.6. The second kappa shape index (κ2) is 6.08. The molecule has 3 unspecified atom stereocenters. The standard InChI is InChI=1S/C18H26N2O/c1-12-8-9-14(11-13(12)2)20-18(21)16-5-3-7-17-15(16)6-4-10-19-17/h3,5,7,12-14,19H,4,6,8-11H2,1-2H3,(H,20,21). The van der Waals surface area contributed by atoms with Crippen LogP contribution in [0.3, 0.4) is 0 Å². The van der Waals surface area contributed by atoms with Crippen molar-refractivity contribution in [3.05, 3.63) is 29.3 Å². The van der Waals surface area contributed by atoms with Crippen molar-refractivity contribution < 1.29 is 4.79 Å². The third kappa shape index (κ3) is 3.07. The Morgan fingerprint density at radius 1 is 1.24 bits per heavy atom. The molecule has 0 bridgehead atoms. The van der Waals surface area contributed by atoms with Gasteiger partial charge in [-0.3, -0.25) is 4.79 Å². The SMILES string of the molecule is CC1CCC(NC(=O)c2cccc3c2CCCN3)CC1C. The highest BCUT2D eigenvalue weighted by atomic mass is 16.1. The number of hydrogen-bond acceptors (Lipinski definition) is 2. The second-order valence-corrected chi connectivity index (χ2v) is 6.80. The molecule has 0 spiro atoms. The Bertz CT molecular complexity index is 526. The number of rotatable bonds is 2. The van der Waals surface area contributed by atoms with Gasteiger partial charge in [0.1, 0.15) is 0 Å². The Kier molecular flexibility index (Phi) is 4.18. The van der Waals surface area contributed by atoms with E-state index in [1.54, 1.807) is 0 Å². The zero-order valence-electron chi connectivity index (χ0n) is 13.1. The van der Waals surface area contributed by atoms with Gasteiger partial charge in [0.15, 0.2) is 0 Å². The summed E-state index contributed by atoms with van der Waals surface area (Å²) >= 11 is 0. The number of amides is 1. The Morgan fingerprint density at radius 3 is 2.90 bits per heavy atom. The number of anilines is 1. The van der Waals surface area contributed by atoms with Crippen molar-refractivity contribution in [2.75, 3.05) is 11.9 Å². The molecule has 3 nitrogen and oxygen atoms in total. The van der Waals surface area contributed by atoms with E-state index in [2.05, 4.69) is 30.5 Å². The van der Waals surface area contributed by atoms with E-state index in [4.69, 9.17) is 0 Å². The minimum atomic E-state index is 0.113. The summed E-state index contributed by atoms with van der Waals surface area (Å²) in [5.41, 5.74) is 3.20. The topological polar surface area (TPSA) is 41.1 Å². The summed E-state index contributed by atoms with van der Waals surface area (Å²) in [7, 11) is 0. The van der Waals surface area contributed by atoms with Crippen LogP contribution in [0.15, 0.2) is 18.2 Å². The molecule has 1 amide bonds. The summed E-state index contributed by atoms with van der Waals surface area (Å²) in [6.07, 6.45) is 5.56. The summed E-state index contributed by atoms with van der Waals surface area (Å²) in [5.74, 6) is 1.60. The first-order valence-corrected chi connectivity index (χ1v) is 8.31. The number of nitrogens with one attached hydrogen (secondary N) is 2. The van der Waals surface area contributed by atoms with E-state index >= 15 is 0 Å². The van der Waals surface area contributed by atoms with Crippen LogP contribution in [-0.4, -0.2) is 18.5 Å². The Morgan fingerprint density at radius 2 is 2.10 bits per heavy atom. The van der Waals surface area contributed by atoms with Gasteiger partial charge >= 0.3 is 0 Å². The van der Waals surface area contributed by atoms with Gasteiger partial charge in [0, 0.05) is 23.8 Å². The second-order valence-electron chi connectivity index (χ2n) is 6.80. The van der Waals surface area contributed by atoms with Crippen molar-refractivity contribution in [1.29, 1.82) is 0 Å². The zero-order chi connectivity index (χ0) is 14.8. The fraction of sp³-hybridized carbons (Fsp3) is 0.611. The molecule has 2 aliphatic rings. The lowest BCUT2D eigenvalue weighted by molar-refractivity contribution is 0.0909. The molecule has 0 radical (unpaired) electrons. The quantitative estimate of drug-likeness (QED) is 0.872. The van der Waals surface area contributed by atoms with Crippen molar-refractivity contribution in [3.8, 4) is 0 Å². The number of benzene rings is 1. The van der Waals surface area contributed by atoms with Crippen LogP contribution in [0.1, 0.15) is 55.5 Å². The van der Waals surface area contributed by atoms with Gasteiger partial charge in [-0.15, -0.1) is 0 Å². The van der Waals surface area contributed by atoms with Crippen LogP contribution in [0.25, 0.3) is 0 Å². The molecule has 1 aliphatic carbocycles. The molecule has 3 heteroatoms. The van der Waals surface area contributed by atoms with Crippen molar-refractivity contribution in [3.63, 3.8) is 0 Å². The molecule has 0 saturated heterocycles. The monoisotopic (exact) mass is 286 g/mol. The van der Waals surface area contributed by atoms with Crippen LogP contribution < -0.4 is 10.6 Å². The predicted octanol–water partition coefficient (Wildman–Crippen LogP) is 3.60. The van der Waals surface area contributed by atoms with Crippen molar-refractivity contribution in [1.82, 2.24) is 5.32 Å². The number of carbonyl (C=O) groups excluding carboxylic acids is 1. The summed E-state index contributed by atoms with van der Waals surface area (Å²) < 4.78 is 0. The highest BCUT2D eigenvalue weighted by Gasteiger charge is 2.26. The molecule has 3 rings (SSSR count). The summed E-state index contributed by atoms with van der Waals surface area (Å²) in [6, 6.07) is 6.37. The fourth-order valence-corrected chi connectivity index (χ4v) is 3.66. The van der Waals surface area contributed by atoms with Crippen LogP contribution in [-0.2, 0) is 6.42 Å². The number of carbonyl (C=O) groups is 1. The normalized spacial score (nSPS) is 28.4. The van der Waals surface area contributed by atoms with Crippen LogP contribution in [0.4, 0.5) is 5.69 Å². The molecule has 1 saturated carbocycles. The first-order valence-electron chi connectivity index (χ1n) is 8.31. The number of hydrogen-bond donors (Lipinski definition) is 2. The molecule has 3 atom stereocenters. The molecule has 1 heterocycles. The third-order valence-electron chi connectivity index (χ3n) is 5.27. The Labute approximate surface area is 127 Å². The van der Waals surface area contributed by atoms with Crippen LogP contribution >= 0.6 is 0 Å². The average molecular weight is 286 g/mol. The first kappa shape index (κ1) is 14.4. The minimum Gasteiger partial charge on any atom is -0.385 e. The van der Waals surface area contributed by atoms with Crippen LogP contribution in [0.2, 0.25) is 0 Å². The van der Waals surface area contributed by atoms with Gasteiger partial charge in [-0.2, -0.15) is 0 Å². The van der Waals surface area contributed by atoms with E-state index in [9.17, 15) is 4.79 Å². The third-order valence-corrected chi connectivity index (χ3v) is 5.27. The lowest BCUT2D eigenvalue weighted by Crippen LogP contribution is -2.40. The Hall–Kier alpha value is -1.51. The number of fused-ring (bicyclic) bond motifs is 1. The molecule has 114 valence electrons. The van der Waals surface area contributed by atoms with Gasteiger partial charge < -0.3 is 10.6 Å². The maximum Gasteiger partial charge on any atom is 0.251 e. The Balaban J connectivity index is 1.71. The maximum absolute atomic E-state index is 12.6. The van der Waals surface area contributed by atoms with Crippen molar-refractivity contribution >= 4 is 11.6 Å². The van der Waals surface area contributed by atoms with Gasteiger partial charge in [0.05, 0.1) is 0 Å². The van der Waals surface area contributed by atoms with Crippen molar-refractivity contribution in [2.45, 2.75) is 52.0 Å². The van der Waals surface area contributed by atoms with E-state index in [-0.39, 0.29) is 5.91 Å². The van der Waals surface area contributed by atoms with Gasteiger partial charge in [0.25, 0.3) is 5.91 Å². The van der Waals surface area contributed by atoms with Gasteiger partial charge in [0.2, 0.25) is 0 Å². The van der Waals surface area contributed by atoms with E-state index in [1.807, 2.05) is 12.1 Å². The lowest BCUT2D eigenvalue weighted by Gasteiger charge is -2.32. The molecule has 21 heavy (non-hydrogen) atoms. The molecule has 1 aromatic rings. The first-order chi connectivity index (χ1) is 10.1. The fourth-order valence-electron chi connectivity index (χ4n) is 3.66. The van der Waals surface area contributed by atoms with Gasteiger partial charge in [-0.25, -0.2) is 0 Å². The summed E-state index contributed by atoms with van der Waals surface area (Å²) in [4.78, 5) is 12.6. The predicted molar refractivity (Wildman–Crippen MR) is 86.7 cm³/mol. The lowest BCUT2D eigenvalue weighted by atomic mass is 9.79. The van der Waals surface area contributed by atoms with Crippen LogP contribution in [0.5, 0.6) is 0 Å². The van der Waals surface area contributed by atoms with E-state index in [1.165, 1.54) is 12.0 Å². The average Bonchev–Trinajstić information content (AvgIpc) is 2.50. The molecule has 0 aromatic heterocycles. The minimum absolute atomic E-state index is 0.113. The summed E-state index contributed by atoms with van der Waals surface area (Å²) in [5, 5.41) is 6.66. The zero-order valence-corrected chi connectivity index (χ0v) is 13.1. The van der Waals surface area contributed by atoms with Crippen LogP contribution in [0, 0.1) is 11.8 Å². The summed E-state index contributed by atoms with van der Waals surface area (Å²) in [6.45, 7) is 5.63. The van der Waals surface area contributed by atoms with Gasteiger partial charge in [-0.1, -0.05) is 19.9 Å². The smallest absolute Gasteiger partial charge is 0.251 e. The van der Waals surface area contributed by atoms with E-state index in [0.29, 0.717) is 12.0 Å². The van der Waals surface area contributed by atoms with E-state index < -0.39 is 0 Å².